The summed E-state index contributed by atoms with van der Waals surface area (Å²) in [5.41, 5.74) is -0.495. The van der Waals surface area contributed by atoms with E-state index in [-0.39, 0.29) is 12.1 Å². The van der Waals surface area contributed by atoms with Gasteiger partial charge in [0.25, 0.3) is 5.91 Å². The maximum atomic E-state index is 12.8. The average molecular weight is 302 g/mol. The zero-order valence-electron chi connectivity index (χ0n) is 11.6. The molecule has 1 aromatic rings. The normalized spacial score (nSPS) is 18.9. The van der Waals surface area contributed by atoms with E-state index in [9.17, 15) is 23.1 Å². The molecule has 1 amide bonds. The first kappa shape index (κ1) is 15.6. The summed E-state index contributed by atoms with van der Waals surface area (Å²) in [5, 5.41) is 12.4. The number of hydrogen-bond acceptors (Lipinski definition) is 3. The van der Waals surface area contributed by atoms with Crippen LogP contribution in [0.25, 0.3) is 0 Å². The Morgan fingerprint density at radius 3 is 2.71 bits per heavy atom. The Kier molecular flexibility index (Phi) is 4.41. The smallest absolute Gasteiger partial charge is 0.391 e. The van der Waals surface area contributed by atoms with Gasteiger partial charge in [-0.2, -0.15) is 13.2 Å². The zero-order chi connectivity index (χ0) is 15.6. The summed E-state index contributed by atoms with van der Waals surface area (Å²) in [6.07, 6.45) is -4.66. The van der Waals surface area contributed by atoms with Gasteiger partial charge in [-0.25, -0.2) is 0 Å². The third-order valence-electron chi connectivity index (χ3n) is 3.40. The zero-order valence-corrected chi connectivity index (χ0v) is 11.6. The van der Waals surface area contributed by atoms with E-state index >= 15 is 0 Å². The SMILES string of the molecule is CCNc1ccc(C(F)(F)F)cc1C(=O)N1CCC(O)C1. The van der Waals surface area contributed by atoms with Gasteiger partial charge in [-0.1, -0.05) is 0 Å². The van der Waals surface area contributed by atoms with Crippen molar-refractivity contribution in [3.8, 4) is 0 Å². The second kappa shape index (κ2) is 5.93. The molecule has 1 atom stereocenters. The quantitative estimate of drug-likeness (QED) is 0.901. The van der Waals surface area contributed by atoms with E-state index in [0.717, 1.165) is 12.1 Å². The summed E-state index contributed by atoms with van der Waals surface area (Å²) in [5.74, 6) is -0.492. The van der Waals surface area contributed by atoms with Crippen molar-refractivity contribution in [3.05, 3.63) is 29.3 Å². The van der Waals surface area contributed by atoms with Crippen LogP contribution in [0, 0.1) is 0 Å². The third kappa shape index (κ3) is 3.47. The molecule has 0 radical (unpaired) electrons. The van der Waals surface area contributed by atoms with Crippen molar-refractivity contribution in [1.82, 2.24) is 4.90 Å². The van der Waals surface area contributed by atoms with E-state index in [4.69, 9.17) is 0 Å². The van der Waals surface area contributed by atoms with Gasteiger partial charge in [0, 0.05) is 25.3 Å². The summed E-state index contributed by atoms with van der Waals surface area (Å²) in [6, 6.07) is 3.09. The Balaban J connectivity index is 2.36. The van der Waals surface area contributed by atoms with Gasteiger partial charge >= 0.3 is 6.18 Å². The number of anilines is 1. The van der Waals surface area contributed by atoms with Crippen molar-refractivity contribution in [2.75, 3.05) is 25.0 Å². The van der Waals surface area contributed by atoms with Crippen molar-refractivity contribution in [2.24, 2.45) is 0 Å². The molecule has 1 unspecified atom stereocenters. The molecule has 2 N–H and O–H groups in total. The van der Waals surface area contributed by atoms with Gasteiger partial charge in [0.1, 0.15) is 0 Å². The standard InChI is InChI=1S/C14H17F3N2O2/c1-2-18-12-4-3-9(14(15,16)17)7-11(12)13(21)19-6-5-10(20)8-19/h3-4,7,10,18,20H,2,5-6,8H2,1H3. The molecular formula is C14H17F3N2O2. The molecule has 7 heteroatoms. The minimum absolute atomic E-state index is 0.0132. The van der Waals surface area contributed by atoms with Gasteiger partial charge in [0.2, 0.25) is 0 Å². The predicted molar refractivity (Wildman–Crippen MR) is 72.1 cm³/mol. The highest BCUT2D eigenvalue weighted by molar-refractivity contribution is 6.00. The van der Waals surface area contributed by atoms with E-state index in [2.05, 4.69) is 5.32 Å². The van der Waals surface area contributed by atoms with Crippen LogP contribution in [0.2, 0.25) is 0 Å². The molecule has 1 aliphatic heterocycles. The maximum absolute atomic E-state index is 12.8. The summed E-state index contributed by atoms with van der Waals surface area (Å²) in [6.45, 7) is 2.79. The lowest BCUT2D eigenvalue weighted by atomic mass is 10.1. The Bertz CT molecular complexity index is 531. The molecule has 116 valence electrons. The van der Waals surface area contributed by atoms with Crippen LogP contribution in [0.5, 0.6) is 0 Å². The summed E-state index contributed by atoms with van der Waals surface area (Å²) >= 11 is 0. The highest BCUT2D eigenvalue weighted by Crippen LogP contribution is 2.32. The number of aliphatic hydroxyl groups is 1. The fourth-order valence-corrected chi connectivity index (χ4v) is 2.34. The van der Waals surface area contributed by atoms with Crippen molar-refractivity contribution in [2.45, 2.75) is 25.6 Å². The van der Waals surface area contributed by atoms with Gasteiger partial charge in [0.15, 0.2) is 0 Å². The fourth-order valence-electron chi connectivity index (χ4n) is 2.34. The van der Waals surface area contributed by atoms with Crippen LogP contribution in [0.15, 0.2) is 18.2 Å². The number of amides is 1. The second-order valence-corrected chi connectivity index (χ2v) is 4.98. The van der Waals surface area contributed by atoms with Crippen LogP contribution in [0.4, 0.5) is 18.9 Å². The largest absolute Gasteiger partial charge is 0.416 e. The van der Waals surface area contributed by atoms with E-state index in [1.54, 1.807) is 6.92 Å². The summed E-state index contributed by atoms with van der Waals surface area (Å²) in [4.78, 5) is 13.8. The first-order chi connectivity index (χ1) is 9.82. The monoisotopic (exact) mass is 302 g/mol. The van der Waals surface area contributed by atoms with Crippen molar-refractivity contribution >= 4 is 11.6 Å². The predicted octanol–water partition coefficient (Wildman–Crippen LogP) is 2.34. The van der Waals surface area contributed by atoms with Crippen LogP contribution in [-0.4, -0.2) is 41.7 Å². The first-order valence-electron chi connectivity index (χ1n) is 6.75. The first-order valence-corrected chi connectivity index (χ1v) is 6.75. The van der Waals surface area contributed by atoms with Crippen LogP contribution in [-0.2, 0) is 6.18 Å². The fraction of sp³-hybridized carbons (Fsp3) is 0.500. The van der Waals surface area contributed by atoms with Crippen molar-refractivity contribution in [3.63, 3.8) is 0 Å². The van der Waals surface area contributed by atoms with Gasteiger partial charge in [-0.05, 0) is 31.5 Å². The number of rotatable bonds is 3. The minimum Gasteiger partial charge on any atom is -0.391 e. The Hall–Kier alpha value is -1.76. The molecule has 1 heterocycles. The number of β-amino-alcohol motifs (C(OH)–C–C–N with tert-alkyl or cyclic N) is 1. The Morgan fingerprint density at radius 2 is 2.19 bits per heavy atom. The van der Waals surface area contributed by atoms with Crippen LogP contribution in [0.1, 0.15) is 29.3 Å². The number of likely N-dealkylation sites (tertiary alicyclic amines) is 1. The number of benzene rings is 1. The molecule has 0 aliphatic carbocycles. The Labute approximate surface area is 120 Å². The maximum Gasteiger partial charge on any atom is 0.416 e. The second-order valence-electron chi connectivity index (χ2n) is 4.98. The van der Waals surface area contributed by atoms with Gasteiger partial charge in [-0.3, -0.25) is 4.79 Å². The van der Waals surface area contributed by atoms with Gasteiger partial charge in [0.05, 0.1) is 17.2 Å². The lowest BCUT2D eigenvalue weighted by molar-refractivity contribution is -0.137. The van der Waals surface area contributed by atoms with E-state index in [1.165, 1.54) is 11.0 Å². The molecule has 0 saturated carbocycles. The Morgan fingerprint density at radius 1 is 1.48 bits per heavy atom. The van der Waals surface area contributed by atoms with Gasteiger partial charge in [-0.15, -0.1) is 0 Å². The molecule has 2 rings (SSSR count). The van der Waals surface area contributed by atoms with Crippen molar-refractivity contribution < 1.29 is 23.1 Å². The van der Waals surface area contributed by atoms with E-state index in [1.807, 2.05) is 0 Å². The average Bonchev–Trinajstić information content (AvgIpc) is 2.84. The molecule has 4 nitrogen and oxygen atoms in total. The number of alkyl halides is 3. The summed E-state index contributed by atoms with van der Waals surface area (Å²) in [7, 11) is 0. The van der Waals surface area contributed by atoms with E-state index in [0.29, 0.717) is 25.2 Å². The highest BCUT2D eigenvalue weighted by Gasteiger charge is 2.33. The lowest BCUT2D eigenvalue weighted by Crippen LogP contribution is -2.30. The number of aliphatic hydroxyl groups excluding tert-OH is 1. The van der Waals surface area contributed by atoms with Crippen LogP contribution in [0.3, 0.4) is 0 Å². The van der Waals surface area contributed by atoms with Gasteiger partial charge < -0.3 is 15.3 Å². The minimum atomic E-state index is -4.50. The van der Waals surface area contributed by atoms with Crippen molar-refractivity contribution in [1.29, 1.82) is 0 Å². The van der Waals surface area contributed by atoms with E-state index < -0.39 is 23.8 Å². The molecule has 21 heavy (non-hydrogen) atoms. The molecule has 1 fully saturated rings. The number of nitrogens with one attached hydrogen (secondary N) is 1. The molecule has 1 saturated heterocycles. The third-order valence-corrected chi connectivity index (χ3v) is 3.40. The number of carbonyl (C=O) groups is 1. The molecular weight excluding hydrogens is 285 g/mol. The molecule has 1 aromatic carbocycles. The number of halogens is 3. The topological polar surface area (TPSA) is 52.6 Å². The lowest BCUT2D eigenvalue weighted by Gasteiger charge is -2.19. The molecule has 0 bridgehead atoms. The molecule has 1 aliphatic rings. The molecule has 0 spiro atoms. The molecule has 0 aromatic heterocycles. The summed E-state index contributed by atoms with van der Waals surface area (Å²) < 4.78 is 38.4. The number of hydrogen-bond donors (Lipinski definition) is 2. The number of carbonyl (C=O) groups excluding carboxylic acids is 1. The number of nitrogens with zero attached hydrogens (tertiary/aromatic N) is 1. The van der Waals surface area contributed by atoms with Crippen LogP contribution < -0.4 is 5.32 Å². The highest BCUT2D eigenvalue weighted by atomic mass is 19.4. The van der Waals surface area contributed by atoms with Crippen LogP contribution >= 0.6 is 0 Å².